The fourth-order valence-electron chi connectivity index (χ4n) is 1.84. The number of para-hydroxylation sites is 1. The van der Waals surface area contributed by atoms with E-state index in [-0.39, 0.29) is 5.41 Å². The summed E-state index contributed by atoms with van der Waals surface area (Å²) in [6, 6.07) is 8.95. The van der Waals surface area contributed by atoms with E-state index in [1.54, 1.807) is 0 Å². The molecule has 0 saturated carbocycles. The van der Waals surface area contributed by atoms with Gasteiger partial charge in [0, 0.05) is 18.2 Å². The van der Waals surface area contributed by atoms with Crippen molar-refractivity contribution in [2.45, 2.75) is 53.6 Å². The van der Waals surface area contributed by atoms with Crippen LogP contribution in [0.4, 0.5) is 0 Å². The molecule has 0 unspecified atom stereocenters. The Labute approximate surface area is 123 Å². The lowest BCUT2D eigenvalue weighted by Gasteiger charge is -2.19. The number of nitriles is 1. The smallest absolute Gasteiger partial charge is 0.126 e. The van der Waals surface area contributed by atoms with Crippen molar-refractivity contribution in [2.75, 3.05) is 6.61 Å². The quantitative estimate of drug-likeness (QED) is 0.822. The first-order valence-corrected chi connectivity index (χ1v) is 7.21. The van der Waals surface area contributed by atoms with Gasteiger partial charge in [-0.15, -0.1) is 0 Å². The molecule has 0 aliphatic rings. The Kier molecular flexibility index (Phi) is 6.04. The minimum absolute atomic E-state index is 0.334. The van der Waals surface area contributed by atoms with Crippen molar-refractivity contribution >= 4 is 0 Å². The van der Waals surface area contributed by atoms with Crippen LogP contribution in [0.1, 0.15) is 45.2 Å². The molecule has 1 aromatic carbocycles. The second-order valence-electron chi connectivity index (χ2n) is 6.19. The van der Waals surface area contributed by atoms with Crippen LogP contribution in [0.2, 0.25) is 0 Å². The van der Waals surface area contributed by atoms with E-state index in [0.29, 0.717) is 12.6 Å². The highest BCUT2D eigenvalue weighted by atomic mass is 16.5. The summed E-state index contributed by atoms with van der Waals surface area (Å²) >= 11 is 0. The normalized spacial score (nSPS) is 11.4. The summed E-state index contributed by atoms with van der Waals surface area (Å²) in [4.78, 5) is 0. The fraction of sp³-hybridized carbons (Fsp3) is 0.588. The Morgan fingerprint density at radius 1 is 1.35 bits per heavy atom. The van der Waals surface area contributed by atoms with Gasteiger partial charge >= 0.3 is 0 Å². The highest BCUT2D eigenvalue weighted by Crippen LogP contribution is 2.25. The van der Waals surface area contributed by atoms with Crippen molar-refractivity contribution < 1.29 is 4.74 Å². The Morgan fingerprint density at radius 2 is 2.05 bits per heavy atom. The number of aryl methyl sites for hydroxylation is 1. The zero-order valence-electron chi connectivity index (χ0n) is 13.3. The third-order valence-electron chi connectivity index (χ3n) is 3.27. The van der Waals surface area contributed by atoms with Crippen LogP contribution < -0.4 is 10.1 Å². The van der Waals surface area contributed by atoms with Crippen molar-refractivity contribution in [2.24, 2.45) is 5.41 Å². The SMILES string of the molecule is Cc1cccc(CNC(C)C)c1OCCC(C)(C)C#N. The summed E-state index contributed by atoms with van der Waals surface area (Å²) < 4.78 is 5.95. The average Bonchev–Trinajstić information content (AvgIpc) is 2.38. The van der Waals surface area contributed by atoms with Gasteiger partial charge < -0.3 is 10.1 Å². The first-order chi connectivity index (χ1) is 9.35. The summed E-state index contributed by atoms with van der Waals surface area (Å²) in [6.07, 6.45) is 0.731. The first-order valence-electron chi connectivity index (χ1n) is 7.21. The largest absolute Gasteiger partial charge is 0.493 e. The third kappa shape index (κ3) is 5.22. The van der Waals surface area contributed by atoms with Gasteiger partial charge in [0.2, 0.25) is 0 Å². The van der Waals surface area contributed by atoms with Gasteiger partial charge in [0.25, 0.3) is 0 Å². The van der Waals surface area contributed by atoms with Crippen LogP contribution in [0.25, 0.3) is 0 Å². The molecule has 3 heteroatoms. The van der Waals surface area contributed by atoms with Gasteiger partial charge in [0.05, 0.1) is 18.1 Å². The molecule has 0 amide bonds. The molecule has 20 heavy (non-hydrogen) atoms. The lowest BCUT2D eigenvalue weighted by atomic mass is 9.92. The summed E-state index contributed by atoms with van der Waals surface area (Å²) in [7, 11) is 0. The van der Waals surface area contributed by atoms with Crippen molar-refractivity contribution in [3.8, 4) is 11.8 Å². The van der Waals surface area contributed by atoms with Gasteiger partial charge in [0.15, 0.2) is 0 Å². The number of nitrogens with zero attached hydrogens (tertiary/aromatic N) is 1. The molecule has 0 aliphatic heterocycles. The molecule has 0 heterocycles. The Morgan fingerprint density at radius 3 is 2.65 bits per heavy atom. The molecule has 0 saturated heterocycles. The number of hydrogen-bond acceptors (Lipinski definition) is 3. The lowest BCUT2D eigenvalue weighted by Crippen LogP contribution is -2.22. The second kappa shape index (κ2) is 7.31. The van der Waals surface area contributed by atoms with Gasteiger partial charge in [0.1, 0.15) is 5.75 Å². The molecule has 0 bridgehead atoms. The highest BCUT2D eigenvalue weighted by molar-refractivity contribution is 5.40. The molecule has 0 aromatic heterocycles. The van der Waals surface area contributed by atoms with E-state index in [2.05, 4.69) is 50.4 Å². The average molecular weight is 274 g/mol. The van der Waals surface area contributed by atoms with E-state index >= 15 is 0 Å². The van der Waals surface area contributed by atoms with Crippen molar-refractivity contribution in [3.05, 3.63) is 29.3 Å². The maximum atomic E-state index is 9.03. The summed E-state index contributed by atoms with van der Waals surface area (Å²) in [5.74, 6) is 0.953. The number of hydrogen-bond donors (Lipinski definition) is 1. The molecule has 0 aliphatic carbocycles. The highest BCUT2D eigenvalue weighted by Gasteiger charge is 2.17. The van der Waals surface area contributed by atoms with Crippen molar-refractivity contribution in [3.63, 3.8) is 0 Å². The van der Waals surface area contributed by atoms with Crippen molar-refractivity contribution in [1.29, 1.82) is 5.26 Å². The van der Waals surface area contributed by atoms with Gasteiger partial charge in [-0.25, -0.2) is 0 Å². The molecule has 3 nitrogen and oxygen atoms in total. The van der Waals surface area contributed by atoms with E-state index in [0.717, 1.165) is 24.3 Å². The fourth-order valence-corrected chi connectivity index (χ4v) is 1.84. The van der Waals surface area contributed by atoms with Crippen LogP contribution in [-0.4, -0.2) is 12.6 Å². The van der Waals surface area contributed by atoms with Gasteiger partial charge in [-0.1, -0.05) is 32.0 Å². The van der Waals surface area contributed by atoms with E-state index in [4.69, 9.17) is 10.00 Å². The number of benzene rings is 1. The lowest BCUT2D eigenvalue weighted by molar-refractivity contribution is 0.260. The van der Waals surface area contributed by atoms with Crippen LogP contribution in [0.15, 0.2) is 18.2 Å². The van der Waals surface area contributed by atoms with Crippen LogP contribution in [0.3, 0.4) is 0 Å². The molecular formula is C17H26N2O. The van der Waals surface area contributed by atoms with E-state index in [9.17, 15) is 0 Å². The molecular weight excluding hydrogens is 248 g/mol. The topological polar surface area (TPSA) is 45.0 Å². The number of nitrogens with one attached hydrogen (secondary N) is 1. The maximum absolute atomic E-state index is 9.03. The van der Waals surface area contributed by atoms with Crippen LogP contribution >= 0.6 is 0 Å². The second-order valence-corrected chi connectivity index (χ2v) is 6.19. The zero-order valence-corrected chi connectivity index (χ0v) is 13.3. The number of ether oxygens (including phenoxy) is 1. The minimum atomic E-state index is -0.334. The minimum Gasteiger partial charge on any atom is -0.493 e. The Hall–Kier alpha value is -1.53. The molecule has 0 spiro atoms. The summed E-state index contributed by atoms with van der Waals surface area (Å²) in [6.45, 7) is 11.6. The number of rotatable bonds is 7. The predicted molar refractivity (Wildman–Crippen MR) is 82.7 cm³/mol. The van der Waals surface area contributed by atoms with E-state index in [1.807, 2.05) is 13.8 Å². The van der Waals surface area contributed by atoms with Crippen molar-refractivity contribution in [1.82, 2.24) is 5.32 Å². The van der Waals surface area contributed by atoms with Gasteiger partial charge in [-0.3, -0.25) is 0 Å². The van der Waals surface area contributed by atoms with Crippen LogP contribution in [0, 0.1) is 23.7 Å². The first kappa shape index (κ1) is 16.5. The van der Waals surface area contributed by atoms with Gasteiger partial charge in [-0.05, 0) is 32.8 Å². The maximum Gasteiger partial charge on any atom is 0.126 e. The standard InChI is InChI=1S/C17H26N2O/c1-13(2)19-11-15-8-6-7-14(3)16(15)20-10-9-17(4,5)12-18/h6-8,13,19H,9-11H2,1-5H3. The molecule has 0 atom stereocenters. The predicted octanol–water partition coefficient (Wildman–Crippen LogP) is 3.81. The molecule has 0 radical (unpaired) electrons. The van der Waals surface area contributed by atoms with Crippen LogP contribution in [-0.2, 0) is 6.54 Å². The summed E-state index contributed by atoms with van der Waals surface area (Å²) in [5, 5.41) is 12.4. The molecule has 1 aromatic rings. The molecule has 110 valence electrons. The summed E-state index contributed by atoms with van der Waals surface area (Å²) in [5.41, 5.74) is 1.98. The third-order valence-corrected chi connectivity index (χ3v) is 3.27. The van der Waals surface area contributed by atoms with Crippen LogP contribution in [0.5, 0.6) is 5.75 Å². The molecule has 0 fully saturated rings. The monoisotopic (exact) mass is 274 g/mol. The Balaban J connectivity index is 2.71. The zero-order chi connectivity index (χ0) is 15.2. The Bertz CT molecular complexity index is 472. The van der Waals surface area contributed by atoms with Gasteiger partial charge in [-0.2, -0.15) is 5.26 Å². The molecule has 1 rings (SSSR count). The molecule has 1 N–H and O–H groups in total. The van der Waals surface area contributed by atoms with E-state index in [1.165, 1.54) is 5.56 Å². The van der Waals surface area contributed by atoms with E-state index < -0.39 is 0 Å².